The van der Waals surface area contributed by atoms with E-state index in [1.807, 2.05) is 47.4 Å². The highest BCUT2D eigenvalue weighted by atomic mass is 16.5. The molecule has 0 spiro atoms. The van der Waals surface area contributed by atoms with E-state index in [0.717, 1.165) is 24.5 Å². The molecule has 2 heterocycles. The molecule has 0 aromatic heterocycles. The quantitative estimate of drug-likeness (QED) is 0.748. The van der Waals surface area contributed by atoms with E-state index in [0.29, 0.717) is 31.9 Å². The average molecular weight is 452 g/mol. The monoisotopic (exact) mass is 451 g/mol. The molecule has 4 rings (SSSR count). The van der Waals surface area contributed by atoms with Gasteiger partial charge in [-0.05, 0) is 36.4 Å². The molecule has 0 bridgehead atoms. The fraction of sp³-hybridized carbons (Fsp3) is 0.375. The molecule has 2 aromatic rings. The molecule has 2 fully saturated rings. The Hall–Kier alpha value is -3.75. The lowest BCUT2D eigenvalue weighted by Crippen LogP contribution is -2.57. The predicted molar refractivity (Wildman–Crippen MR) is 125 cm³/mol. The molecule has 9 heteroatoms. The van der Waals surface area contributed by atoms with E-state index in [9.17, 15) is 14.4 Å². The summed E-state index contributed by atoms with van der Waals surface area (Å²) in [6, 6.07) is 16.7. The van der Waals surface area contributed by atoms with Crippen molar-refractivity contribution >= 4 is 29.2 Å². The molecule has 0 saturated carbocycles. The van der Waals surface area contributed by atoms with Gasteiger partial charge in [-0.1, -0.05) is 18.2 Å². The normalized spacial score (nSPS) is 16.6. The van der Waals surface area contributed by atoms with Crippen LogP contribution in [0.4, 0.5) is 16.2 Å². The van der Waals surface area contributed by atoms with E-state index in [2.05, 4.69) is 10.2 Å². The number of ether oxygens (including phenoxy) is 1. The molecule has 33 heavy (non-hydrogen) atoms. The summed E-state index contributed by atoms with van der Waals surface area (Å²) in [6.07, 6.45) is 0. The van der Waals surface area contributed by atoms with Crippen molar-refractivity contribution in [3.05, 3.63) is 54.6 Å². The van der Waals surface area contributed by atoms with Crippen molar-refractivity contribution in [2.45, 2.75) is 0 Å². The van der Waals surface area contributed by atoms with Gasteiger partial charge in [0.1, 0.15) is 12.3 Å². The molecule has 2 aliphatic rings. The first kappa shape index (κ1) is 22.4. The van der Waals surface area contributed by atoms with Gasteiger partial charge in [-0.25, -0.2) is 4.79 Å². The Bertz CT molecular complexity index is 974. The number of hydrogen-bond acceptors (Lipinski definition) is 5. The van der Waals surface area contributed by atoms with E-state index >= 15 is 0 Å². The van der Waals surface area contributed by atoms with Gasteiger partial charge < -0.3 is 29.7 Å². The van der Waals surface area contributed by atoms with Gasteiger partial charge in [0.25, 0.3) is 0 Å². The number of rotatable bonds is 5. The molecule has 9 nitrogen and oxygen atoms in total. The number of amides is 4. The van der Waals surface area contributed by atoms with Crippen LogP contribution in [0, 0.1) is 0 Å². The first-order chi connectivity index (χ1) is 16.0. The number of anilines is 2. The maximum Gasteiger partial charge on any atom is 0.322 e. The van der Waals surface area contributed by atoms with Crippen molar-refractivity contribution in [2.24, 2.45) is 0 Å². The lowest BCUT2D eigenvalue weighted by atomic mass is 10.2. The summed E-state index contributed by atoms with van der Waals surface area (Å²) < 4.78 is 5.20. The van der Waals surface area contributed by atoms with Crippen LogP contribution in [0.25, 0.3) is 0 Å². The molecule has 0 aliphatic carbocycles. The number of nitrogens with one attached hydrogen (secondary N) is 1. The van der Waals surface area contributed by atoms with Crippen LogP contribution in [0.2, 0.25) is 0 Å². The standard InChI is InChI=1S/C24H29N5O4/c1-33-21-9-7-20(8-10-21)26-11-13-27(14-12-26)22(30)17-28-15-16-29(18-23(28)31)24(32)25-19-5-3-2-4-6-19/h2-10H,11-18H2,1H3,(H,25,32). The highest BCUT2D eigenvalue weighted by Crippen LogP contribution is 2.20. The lowest BCUT2D eigenvalue weighted by molar-refractivity contribution is -0.143. The topological polar surface area (TPSA) is 85.4 Å². The van der Waals surface area contributed by atoms with Crippen molar-refractivity contribution in [3.63, 3.8) is 0 Å². The number of carbonyl (C=O) groups excluding carboxylic acids is 3. The molecule has 174 valence electrons. The van der Waals surface area contributed by atoms with Gasteiger partial charge in [0.05, 0.1) is 13.7 Å². The number of para-hydroxylation sites is 1. The Morgan fingerprint density at radius 3 is 2.18 bits per heavy atom. The molecule has 0 radical (unpaired) electrons. The third kappa shape index (κ3) is 5.54. The number of benzene rings is 2. The van der Waals surface area contributed by atoms with E-state index in [4.69, 9.17) is 4.74 Å². The average Bonchev–Trinajstić information content (AvgIpc) is 2.86. The van der Waals surface area contributed by atoms with Gasteiger partial charge in [-0.2, -0.15) is 0 Å². The van der Waals surface area contributed by atoms with Crippen LogP contribution in [0.1, 0.15) is 0 Å². The lowest BCUT2D eigenvalue weighted by Gasteiger charge is -2.38. The van der Waals surface area contributed by atoms with Crippen LogP contribution < -0.4 is 15.0 Å². The van der Waals surface area contributed by atoms with Crippen molar-refractivity contribution in [2.75, 3.05) is 69.7 Å². The summed E-state index contributed by atoms with van der Waals surface area (Å²) in [4.78, 5) is 44.9. The minimum Gasteiger partial charge on any atom is -0.497 e. The minimum absolute atomic E-state index is 0.0306. The van der Waals surface area contributed by atoms with Gasteiger partial charge >= 0.3 is 6.03 Å². The number of piperazine rings is 2. The van der Waals surface area contributed by atoms with E-state index < -0.39 is 0 Å². The van der Waals surface area contributed by atoms with Crippen LogP contribution in [-0.2, 0) is 9.59 Å². The molecule has 2 aliphatic heterocycles. The zero-order valence-electron chi connectivity index (χ0n) is 18.8. The Morgan fingerprint density at radius 1 is 0.879 bits per heavy atom. The Morgan fingerprint density at radius 2 is 1.55 bits per heavy atom. The fourth-order valence-corrected chi connectivity index (χ4v) is 4.04. The third-order valence-electron chi connectivity index (χ3n) is 6.03. The molecule has 2 saturated heterocycles. The number of hydrogen-bond donors (Lipinski definition) is 1. The molecular weight excluding hydrogens is 422 g/mol. The Kier molecular flexibility index (Phi) is 6.97. The first-order valence-corrected chi connectivity index (χ1v) is 11.1. The third-order valence-corrected chi connectivity index (χ3v) is 6.03. The minimum atomic E-state index is -0.310. The van der Waals surface area contributed by atoms with Crippen LogP contribution in [0.15, 0.2) is 54.6 Å². The van der Waals surface area contributed by atoms with Crippen LogP contribution in [-0.4, -0.2) is 92.0 Å². The second-order valence-electron chi connectivity index (χ2n) is 8.10. The number of nitrogens with zero attached hydrogens (tertiary/aromatic N) is 4. The van der Waals surface area contributed by atoms with E-state index in [-0.39, 0.29) is 30.9 Å². The zero-order chi connectivity index (χ0) is 23.2. The van der Waals surface area contributed by atoms with Crippen molar-refractivity contribution in [3.8, 4) is 5.75 Å². The summed E-state index contributed by atoms with van der Waals surface area (Å²) >= 11 is 0. The second-order valence-corrected chi connectivity index (χ2v) is 8.10. The molecule has 4 amide bonds. The second kappa shape index (κ2) is 10.2. The maximum absolute atomic E-state index is 12.8. The summed E-state index contributed by atoms with van der Waals surface area (Å²) in [5.74, 6) is 0.546. The predicted octanol–water partition coefficient (Wildman–Crippen LogP) is 1.72. The Labute approximate surface area is 193 Å². The van der Waals surface area contributed by atoms with Crippen LogP contribution in [0.5, 0.6) is 5.75 Å². The fourth-order valence-electron chi connectivity index (χ4n) is 4.04. The summed E-state index contributed by atoms with van der Waals surface area (Å²) in [7, 11) is 1.64. The van der Waals surface area contributed by atoms with Gasteiger partial charge in [-0.15, -0.1) is 0 Å². The van der Waals surface area contributed by atoms with E-state index in [1.165, 1.54) is 4.90 Å². The SMILES string of the molecule is COc1ccc(N2CCN(C(=O)CN3CCN(C(=O)Nc4ccccc4)CC3=O)CC2)cc1. The molecule has 1 N–H and O–H groups in total. The largest absolute Gasteiger partial charge is 0.497 e. The van der Waals surface area contributed by atoms with Crippen molar-refractivity contribution in [1.82, 2.24) is 14.7 Å². The Balaban J connectivity index is 1.23. The van der Waals surface area contributed by atoms with Gasteiger partial charge in [0, 0.05) is 50.6 Å². The maximum atomic E-state index is 12.8. The van der Waals surface area contributed by atoms with Gasteiger partial charge in [0.2, 0.25) is 11.8 Å². The zero-order valence-corrected chi connectivity index (χ0v) is 18.8. The number of carbonyl (C=O) groups is 3. The number of urea groups is 1. The van der Waals surface area contributed by atoms with Crippen LogP contribution >= 0.6 is 0 Å². The summed E-state index contributed by atoms with van der Waals surface area (Å²) in [6.45, 7) is 3.45. The first-order valence-electron chi connectivity index (χ1n) is 11.1. The van der Waals surface area contributed by atoms with Crippen molar-refractivity contribution < 1.29 is 19.1 Å². The molecular formula is C24H29N5O4. The molecule has 0 atom stereocenters. The summed E-state index contributed by atoms with van der Waals surface area (Å²) in [5, 5.41) is 2.79. The van der Waals surface area contributed by atoms with E-state index in [1.54, 1.807) is 24.1 Å². The van der Waals surface area contributed by atoms with Gasteiger partial charge in [0.15, 0.2) is 0 Å². The molecule has 0 unspecified atom stereocenters. The molecule has 2 aromatic carbocycles. The van der Waals surface area contributed by atoms with Crippen LogP contribution in [0.3, 0.4) is 0 Å². The smallest absolute Gasteiger partial charge is 0.322 e. The van der Waals surface area contributed by atoms with Gasteiger partial charge in [-0.3, -0.25) is 9.59 Å². The van der Waals surface area contributed by atoms with Crippen molar-refractivity contribution in [1.29, 1.82) is 0 Å². The summed E-state index contributed by atoms with van der Waals surface area (Å²) in [5.41, 5.74) is 1.78. The number of methoxy groups -OCH3 is 1. The highest BCUT2D eigenvalue weighted by molar-refractivity contribution is 5.94. The highest BCUT2D eigenvalue weighted by Gasteiger charge is 2.30.